The number of ether oxygens (including phenoxy) is 1. The third-order valence-corrected chi connectivity index (χ3v) is 4.37. The van der Waals surface area contributed by atoms with Gasteiger partial charge >= 0.3 is 0 Å². The van der Waals surface area contributed by atoms with Crippen LogP contribution in [0.15, 0.2) is 97.2 Å². The first-order valence-electron chi connectivity index (χ1n) is 8.33. The second kappa shape index (κ2) is 6.70. The van der Waals surface area contributed by atoms with Gasteiger partial charge in [-0.3, -0.25) is 0 Å². The van der Waals surface area contributed by atoms with Crippen molar-refractivity contribution in [3.63, 3.8) is 0 Å². The summed E-state index contributed by atoms with van der Waals surface area (Å²) < 4.78 is 7.52. The fourth-order valence-corrected chi connectivity index (χ4v) is 3.13. The Hall–Kier alpha value is -3.26. The van der Waals surface area contributed by atoms with Crippen LogP contribution >= 0.6 is 0 Å². The predicted molar refractivity (Wildman–Crippen MR) is 103 cm³/mol. The highest BCUT2D eigenvalue weighted by atomic mass is 16.5. The molecule has 0 bridgehead atoms. The summed E-state index contributed by atoms with van der Waals surface area (Å²) in [6, 6.07) is 31.4. The van der Waals surface area contributed by atoms with Crippen molar-refractivity contribution in [2.45, 2.75) is 0 Å². The van der Waals surface area contributed by atoms with E-state index in [1.54, 1.807) is 7.11 Å². The number of hydrogen-bond acceptors (Lipinski definition) is 1. The van der Waals surface area contributed by atoms with Crippen molar-refractivity contribution in [3.8, 4) is 33.8 Å². The van der Waals surface area contributed by atoms with Gasteiger partial charge < -0.3 is 9.30 Å². The van der Waals surface area contributed by atoms with E-state index in [0.717, 1.165) is 11.4 Å². The smallest absolute Gasteiger partial charge is 0.119 e. The molecule has 4 rings (SSSR count). The maximum atomic E-state index is 5.29. The minimum atomic E-state index is 0.862. The van der Waals surface area contributed by atoms with Crippen molar-refractivity contribution >= 4 is 0 Å². The van der Waals surface area contributed by atoms with Crippen molar-refractivity contribution in [3.05, 3.63) is 97.2 Å². The molecule has 0 radical (unpaired) electrons. The number of aromatic nitrogens is 1. The number of hydrogen-bond donors (Lipinski definition) is 0. The molecule has 0 saturated carbocycles. The van der Waals surface area contributed by atoms with Gasteiger partial charge in [0.2, 0.25) is 0 Å². The molecule has 2 nitrogen and oxygen atoms in total. The molecule has 1 heterocycles. The highest BCUT2D eigenvalue weighted by Crippen LogP contribution is 2.35. The molecule has 0 fully saturated rings. The SMILES string of the molecule is COc1ccc(-n2ccc(-c3ccccc3)c2-c2ccccc2)cc1. The van der Waals surface area contributed by atoms with Crippen LogP contribution in [-0.4, -0.2) is 11.7 Å². The first kappa shape index (κ1) is 15.3. The van der Waals surface area contributed by atoms with E-state index >= 15 is 0 Å². The van der Waals surface area contributed by atoms with Crippen molar-refractivity contribution in [2.24, 2.45) is 0 Å². The molecule has 25 heavy (non-hydrogen) atoms. The Bertz CT molecular complexity index is 954. The standard InChI is InChI=1S/C23H19NO/c1-25-21-14-12-20(13-15-21)24-17-16-22(18-8-4-2-5-9-18)23(24)19-10-6-3-7-11-19/h2-17H,1H3. The van der Waals surface area contributed by atoms with Crippen LogP contribution in [0.5, 0.6) is 5.75 Å². The van der Waals surface area contributed by atoms with Gasteiger partial charge in [-0.05, 0) is 41.5 Å². The number of rotatable bonds is 4. The first-order valence-corrected chi connectivity index (χ1v) is 8.33. The molecule has 0 aliphatic carbocycles. The summed E-state index contributed by atoms with van der Waals surface area (Å²) >= 11 is 0. The number of methoxy groups -OCH3 is 1. The maximum absolute atomic E-state index is 5.29. The zero-order valence-electron chi connectivity index (χ0n) is 14.1. The minimum absolute atomic E-state index is 0.862. The lowest BCUT2D eigenvalue weighted by molar-refractivity contribution is 0.415. The molecule has 0 spiro atoms. The Morgan fingerprint density at radius 3 is 1.84 bits per heavy atom. The Labute approximate surface area is 148 Å². The Kier molecular flexibility index (Phi) is 4.09. The Balaban J connectivity index is 1.91. The summed E-state index contributed by atoms with van der Waals surface area (Å²) in [6.45, 7) is 0. The quantitative estimate of drug-likeness (QED) is 0.461. The van der Waals surface area contributed by atoms with Crippen molar-refractivity contribution < 1.29 is 4.74 Å². The molecule has 0 amide bonds. The molecule has 0 saturated heterocycles. The van der Waals surface area contributed by atoms with E-state index in [-0.39, 0.29) is 0 Å². The average molecular weight is 325 g/mol. The largest absolute Gasteiger partial charge is 0.497 e. The number of benzene rings is 3. The van der Waals surface area contributed by atoms with Crippen LogP contribution in [0.2, 0.25) is 0 Å². The number of nitrogens with zero attached hydrogens (tertiary/aromatic N) is 1. The molecule has 3 aromatic carbocycles. The van der Waals surface area contributed by atoms with Gasteiger partial charge in [0.25, 0.3) is 0 Å². The third kappa shape index (κ3) is 2.94. The van der Waals surface area contributed by atoms with Gasteiger partial charge in [0.1, 0.15) is 5.75 Å². The van der Waals surface area contributed by atoms with Crippen LogP contribution in [-0.2, 0) is 0 Å². The van der Waals surface area contributed by atoms with E-state index < -0.39 is 0 Å². The highest BCUT2D eigenvalue weighted by Gasteiger charge is 2.14. The van der Waals surface area contributed by atoms with E-state index in [1.807, 2.05) is 24.3 Å². The fourth-order valence-electron chi connectivity index (χ4n) is 3.13. The fraction of sp³-hybridized carbons (Fsp3) is 0.0435. The predicted octanol–water partition coefficient (Wildman–Crippen LogP) is 5.82. The van der Waals surface area contributed by atoms with Crippen LogP contribution in [0, 0.1) is 0 Å². The lowest BCUT2D eigenvalue weighted by Gasteiger charge is -2.13. The van der Waals surface area contributed by atoms with Gasteiger partial charge in [0.05, 0.1) is 12.8 Å². The zero-order valence-corrected chi connectivity index (χ0v) is 14.1. The van der Waals surface area contributed by atoms with Gasteiger partial charge in [-0.25, -0.2) is 0 Å². The van der Waals surface area contributed by atoms with Crippen LogP contribution in [0.3, 0.4) is 0 Å². The van der Waals surface area contributed by atoms with E-state index in [1.165, 1.54) is 22.4 Å². The summed E-state index contributed by atoms with van der Waals surface area (Å²) in [6.07, 6.45) is 2.13. The average Bonchev–Trinajstić information content (AvgIpc) is 3.14. The normalized spacial score (nSPS) is 10.6. The summed E-state index contributed by atoms with van der Waals surface area (Å²) in [5.74, 6) is 0.862. The van der Waals surface area contributed by atoms with Crippen LogP contribution < -0.4 is 4.74 Å². The Morgan fingerprint density at radius 2 is 1.24 bits per heavy atom. The van der Waals surface area contributed by atoms with Gasteiger partial charge in [-0.15, -0.1) is 0 Å². The van der Waals surface area contributed by atoms with Gasteiger partial charge in [-0.2, -0.15) is 0 Å². The molecule has 0 atom stereocenters. The molecule has 0 unspecified atom stereocenters. The second-order valence-corrected chi connectivity index (χ2v) is 5.88. The molecular weight excluding hydrogens is 306 g/mol. The van der Waals surface area contributed by atoms with Crippen molar-refractivity contribution in [1.29, 1.82) is 0 Å². The van der Waals surface area contributed by atoms with Crippen LogP contribution in [0.4, 0.5) is 0 Å². The van der Waals surface area contributed by atoms with Crippen LogP contribution in [0.25, 0.3) is 28.1 Å². The highest BCUT2D eigenvalue weighted by molar-refractivity contribution is 5.83. The van der Waals surface area contributed by atoms with Crippen molar-refractivity contribution in [1.82, 2.24) is 4.57 Å². The minimum Gasteiger partial charge on any atom is -0.497 e. The lowest BCUT2D eigenvalue weighted by Crippen LogP contribution is -1.96. The molecule has 1 aromatic heterocycles. The summed E-state index contributed by atoms with van der Waals surface area (Å²) in [5, 5.41) is 0. The van der Waals surface area contributed by atoms with E-state index in [4.69, 9.17) is 4.74 Å². The van der Waals surface area contributed by atoms with E-state index in [9.17, 15) is 0 Å². The molecule has 0 aliphatic heterocycles. The van der Waals surface area contributed by atoms with Gasteiger partial charge in [0.15, 0.2) is 0 Å². The van der Waals surface area contributed by atoms with Crippen LogP contribution in [0.1, 0.15) is 0 Å². The molecular formula is C23H19NO. The molecule has 0 aliphatic rings. The molecule has 4 aromatic rings. The molecule has 122 valence electrons. The van der Waals surface area contributed by atoms with Crippen molar-refractivity contribution in [2.75, 3.05) is 7.11 Å². The monoisotopic (exact) mass is 325 g/mol. The van der Waals surface area contributed by atoms with Gasteiger partial charge in [0, 0.05) is 17.4 Å². The van der Waals surface area contributed by atoms with E-state index in [2.05, 4.69) is 77.5 Å². The molecule has 0 N–H and O–H groups in total. The maximum Gasteiger partial charge on any atom is 0.119 e. The first-order chi connectivity index (χ1) is 12.4. The summed E-state index contributed by atoms with van der Waals surface area (Å²) in [4.78, 5) is 0. The van der Waals surface area contributed by atoms with Gasteiger partial charge in [-0.1, -0.05) is 60.7 Å². The lowest BCUT2D eigenvalue weighted by atomic mass is 10.0. The zero-order chi connectivity index (χ0) is 17.1. The topological polar surface area (TPSA) is 14.2 Å². The summed E-state index contributed by atoms with van der Waals surface area (Å²) in [7, 11) is 1.69. The second-order valence-electron chi connectivity index (χ2n) is 5.88. The Morgan fingerprint density at radius 1 is 0.640 bits per heavy atom. The molecule has 2 heteroatoms. The van der Waals surface area contributed by atoms with E-state index in [0.29, 0.717) is 0 Å². The summed E-state index contributed by atoms with van der Waals surface area (Å²) in [5.41, 5.74) is 5.94. The third-order valence-electron chi connectivity index (χ3n) is 4.37.